The largest absolute Gasteiger partial charge is 0.310 e. The van der Waals surface area contributed by atoms with Crippen LogP contribution < -0.4 is 5.32 Å². The van der Waals surface area contributed by atoms with E-state index in [9.17, 15) is 0 Å². The molecule has 1 nitrogen and oxygen atoms in total. The summed E-state index contributed by atoms with van der Waals surface area (Å²) in [7, 11) is 0. The molecule has 1 aromatic rings. The molecule has 0 aliphatic heterocycles. The molecule has 0 aliphatic carbocycles. The lowest BCUT2D eigenvalue weighted by molar-refractivity contribution is 0.605. The van der Waals surface area contributed by atoms with Gasteiger partial charge in [-0.2, -0.15) is 11.8 Å². The zero-order valence-corrected chi connectivity index (χ0v) is 12.9. The van der Waals surface area contributed by atoms with Crippen LogP contribution in [0, 0.1) is 6.92 Å². The third-order valence-electron chi connectivity index (χ3n) is 3.11. The average Bonchev–Trinajstić information content (AvgIpc) is 2.38. The fourth-order valence-electron chi connectivity index (χ4n) is 1.97. The SMILES string of the molecule is CCCCCSCC(NCC)c1ccc(C)cc1. The molecule has 0 bridgehead atoms. The summed E-state index contributed by atoms with van der Waals surface area (Å²) in [5.74, 6) is 2.47. The summed E-state index contributed by atoms with van der Waals surface area (Å²) in [5, 5.41) is 3.59. The Balaban J connectivity index is 2.41. The summed E-state index contributed by atoms with van der Waals surface area (Å²) in [6.45, 7) is 7.63. The number of benzene rings is 1. The maximum Gasteiger partial charge on any atom is 0.0411 e. The fourth-order valence-corrected chi connectivity index (χ4v) is 3.09. The van der Waals surface area contributed by atoms with E-state index in [1.54, 1.807) is 0 Å². The molecule has 0 saturated heterocycles. The number of hydrogen-bond donors (Lipinski definition) is 1. The van der Waals surface area contributed by atoms with E-state index in [-0.39, 0.29) is 0 Å². The minimum Gasteiger partial charge on any atom is -0.310 e. The van der Waals surface area contributed by atoms with Crippen LogP contribution in [0.4, 0.5) is 0 Å². The first kappa shape index (κ1) is 15.6. The van der Waals surface area contributed by atoms with E-state index in [0.717, 1.165) is 6.54 Å². The Morgan fingerprint density at radius 2 is 1.83 bits per heavy atom. The van der Waals surface area contributed by atoms with Crippen LogP contribution in [0.2, 0.25) is 0 Å². The first-order valence-corrected chi connectivity index (χ1v) is 8.31. The van der Waals surface area contributed by atoms with Gasteiger partial charge in [-0.1, -0.05) is 56.5 Å². The van der Waals surface area contributed by atoms with Crippen molar-refractivity contribution in [2.24, 2.45) is 0 Å². The lowest BCUT2D eigenvalue weighted by atomic mass is 10.1. The summed E-state index contributed by atoms with van der Waals surface area (Å²) in [6.07, 6.45) is 4.03. The predicted molar refractivity (Wildman–Crippen MR) is 84.4 cm³/mol. The molecule has 0 aliphatic rings. The maximum atomic E-state index is 3.59. The Labute approximate surface area is 117 Å². The molecule has 0 saturated carbocycles. The number of unbranched alkanes of at least 4 members (excludes halogenated alkanes) is 2. The molecule has 0 aromatic heterocycles. The van der Waals surface area contributed by atoms with Gasteiger partial charge in [0, 0.05) is 11.8 Å². The first-order valence-electron chi connectivity index (χ1n) is 7.15. The molecule has 0 radical (unpaired) electrons. The van der Waals surface area contributed by atoms with Crippen molar-refractivity contribution in [2.45, 2.75) is 46.1 Å². The van der Waals surface area contributed by atoms with Gasteiger partial charge in [-0.15, -0.1) is 0 Å². The second kappa shape index (κ2) is 9.46. The normalized spacial score (nSPS) is 12.6. The van der Waals surface area contributed by atoms with Gasteiger partial charge in [0.1, 0.15) is 0 Å². The Kier molecular flexibility index (Phi) is 8.19. The van der Waals surface area contributed by atoms with Gasteiger partial charge in [-0.25, -0.2) is 0 Å². The number of aryl methyl sites for hydroxylation is 1. The zero-order valence-electron chi connectivity index (χ0n) is 12.0. The minimum absolute atomic E-state index is 0.502. The lowest BCUT2D eigenvalue weighted by Gasteiger charge is -2.18. The van der Waals surface area contributed by atoms with Gasteiger partial charge in [-0.3, -0.25) is 0 Å². The van der Waals surface area contributed by atoms with Crippen molar-refractivity contribution >= 4 is 11.8 Å². The molecule has 0 spiro atoms. The van der Waals surface area contributed by atoms with Gasteiger partial charge < -0.3 is 5.32 Å². The van der Waals surface area contributed by atoms with E-state index >= 15 is 0 Å². The van der Waals surface area contributed by atoms with Crippen LogP contribution in [-0.2, 0) is 0 Å². The number of nitrogens with one attached hydrogen (secondary N) is 1. The molecule has 0 amide bonds. The highest BCUT2D eigenvalue weighted by Crippen LogP contribution is 2.20. The standard InChI is InChI=1S/C16H27NS/c1-4-6-7-12-18-13-16(17-5-2)15-10-8-14(3)9-11-15/h8-11,16-17H,4-7,12-13H2,1-3H3. The number of thioether (sulfide) groups is 1. The fraction of sp³-hybridized carbons (Fsp3) is 0.625. The third-order valence-corrected chi connectivity index (χ3v) is 4.25. The molecule has 18 heavy (non-hydrogen) atoms. The molecular weight excluding hydrogens is 238 g/mol. The monoisotopic (exact) mass is 265 g/mol. The first-order chi connectivity index (χ1) is 8.77. The highest BCUT2D eigenvalue weighted by atomic mass is 32.2. The Morgan fingerprint density at radius 3 is 2.44 bits per heavy atom. The summed E-state index contributed by atoms with van der Waals surface area (Å²) >= 11 is 2.08. The molecule has 2 heteroatoms. The van der Waals surface area contributed by atoms with Crippen LogP contribution in [0.15, 0.2) is 24.3 Å². The molecule has 1 rings (SSSR count). The summed E-state index contributed by atoms with van der Waals surface area (Å²) < 4.78 is 0. The van der Waals surface area contributed by atoms with Gasteiger partial charge in [-0.05, 0) is 31.2 Å². The highest BCUT2D eigenvalue weighted by Gasteiger charge is 2.09. The van der Waals surface area contributed by atoms with E-state index in [4.69, 9.17) is 0 Å². The van der Waals surface area contributed by atoms with Gasteiger partial charge in [0.2, 0.25) is 0 Å². The lowest BCUT2D eigenvalue weighted by Crippen LogP contribution is -2.23. The molecule has 0 heterocycles. The van der Waals surface area contributed by atoms with Crippen LogP contribution in [0.3, 0.4) is 0 Å². The summed E-state index contributed by atoms with van der Waals surface area (Å²) in [4.78, 5) is 0. The molecular formula is C16H27NS. The second-order valence-electron chi connectivity index (χ2n) is 4.80. The topological polar surface area (TPSA) is 12.0 Å². The molecule has 0 fully saturated rings. The number of hydrogen-bond acceptors (Lipinski definition) is 2. The van der Waals surface area contributed by atoms with Crippen LogP contribution in [0.25, 0.3) is 0 Å². The van der Waals surface area contributed by atoms with Crippen LogP contribution in [-0.4, -0.2) is 18.1 Å². The third kappa shape index (κ3) is 5.92. The molecule has 102 valence electrons. The Bertz CT molecular complexity index is 307. The molecule has 1 unspecified atom stereocenters. The van der Waals surface area contributed by atoms with Crippen LogP contribution in [0.5, 0.6) is 0 Å². The van der Waals surface area contributed by atoms with Crippen molar-refractivity contribution in [1.29, 1.82) is 0 Å². The highest BCUT2D eigenvalue weighted by molar-refractivity contribution is 7.99. The van der Waals surface area contributed by atoms with E-state index in [1.165, 1.54) is 41.9 Å². The van der Waals surface area contributed by atoms with E-state index in [1.807, 2.05) is 0 Å². The van der Waals surface area contributed by atoms with Crippen molar-refractivity contribution in [2.75, 3.05) is 18.1 Å². The van der Waals surface area contributed by atoms with Crippen molar-refractivity contribution in [3.05, 3.63) is 35.4 Å². The summed E-state index contributed by atoms with van der Waals surface area (Å²) in [6, 6.07) is 9.44. The van der Waals surface area contributed by atoms with Crippen molar-refractivity contribution in [3.63, 3.8) is 0 Å². The molecule has 1 atom stereocenters. The van der Waals surface area contributed by atoms with Crippen molar-refractivity contribution < 1.29 is 0 Å². The Hall–Kier alpha value is -0.470. The quantitative estimate of drug-likeness (QED) is 0.656. The second-order valence-corrected chi connectivity index (χ2v) is 5.95. The predicted octanol–water partition coefficient (Wildman–Crippen LogP) is 4.57. The number of rotatable bonds is 9. The van der Waals surface area contributed by atoms with Gasteiger partial charge >= 0.3 is 0 Å². The van der Waals surface area contributed by atoms with Gasteiger partial charge in [0.25, 0.3) is 0 Å². The van der Waals surface area contributed by atoms with E-state index in [2.05, 4.69) is 62.1 Å². The molecule has 1 aromatic carbocycles. The summed E-state index contributed by atoms with van der Waals surface area (Å²) in [5.41, 5.74) is 2.76. The van der Waals surface area contributed by atoms with Crippen LogP contribution >= 0.6 is 11.8 Å². The van der Waals surface area contributed by atoms with Gasteiger partial charge in [0.15, 0.2) is 0 Å². The average molecular weight is 265 g/mol. The van der Waals surface area contributed by atoms with Crippen molar-refractivity contribution in [1.82, 2.24) is 5.32 Å². The minimum atomic E-state index is 0.502. The Morgan fingerprint density at radius 1 is 1.11 bits per heavy atom. The maximum absolute atomic E-state index is 3.59. The van der Waals surface area contributed by atoms with E-state index < -0.39 is 0 Å². The zero-order chi connectivity index (χ0) is 13.2. The van der Waals surface area contributed by atoms with Crippen LogP contribution in [0.1, 0.15) is 50.3 Å². The smallest absolute Gasteiger partial charge is 0.0411 e. The van der Waals surface area contributed by atoms with Crippen molar-refractivity contribution in [3.8, 4) is 0 Å². The van der Waals surface area contributed by atoms with E-state index in [0.29, 0.717) is 6.04 Å². The van der Waals surface area contributed by atoms with Gasteiger partial charge in [0.05, 0.1) is 0 Å². The molecule has 1 N–H and O–H groups in total.